The summed E-state index contributed by atoms with van der Waals surface area (Å²) in [6, 6.07) is 36.7. The van der Waals surface area contributed by atoms with Gasteiger partial charge in [0.2, 0.25) is 35.4 Å². The molecule has 520 valence electrons. The van der Waals surface area contributed by atoms with Crippen LogP contribution >= 0.6 is 0 Å². The Kier molecular flexibility index (Phi) is 13.5. The molecule has 22 rings (SSSR count). The smallest absolute Gasteiger partial charge is 0.249 e. The Morgan fingerprint density at radius 3 is 1.39 bits per heavy atom. The highest BCUT2D eigenvalue weighted by atomic mass is 16.5. The van der Waals surface area contributed by atoms with Crippen LogP contribution in [0, 0.1) is 23.7 Å². The van der Waals surface area contributed by atoms with E-state index in [2.05, 4.69) is 118 Å². The third kappa shape index (κ3) is 8.83. The molecular formula is C84H72N8O12. The molecule has 2 aliphatic carbocycles. The van der Waals surface area contributed by atoms with Crippen molar-refractivity contribution in [2.45, 2.75) is 139 Å². The molecule has 2 saturated heterocycles. The number of carbonyl (C=O) groups is 4. The highest BCUT2D eigenvalue weighted by Gasteiger charge is 2.64. The Labute approximate surface area is 597 Å². The number of rotatable bonds is 8. The minimum absolute atomic E-state index is 0.0377. The number of nitrogens with zero attached hydrogens (tertiary/aromatic N) is 4. The number of hydrogen-bond acceptors (Lipinski definition) is 18. The van der Waals surface area contributed by atoms with Gasteiger partial charge in [0.25, 0.3) is 0 Å². The molecule has 104 heavy (non-hydrogen) atoms. The summed E-state index contributed by atoms with van der Waals surface area (Å²) in [7, 11) is 0. The molecule has 20 bridgehead atoms. The van der Waals surface area contributed by atoms with Crippen molar-refractivity contribution >= 4 is 45.9 Å². The molecule has 2 amide bonds. The summed E-state index contributed by atoms with van der Waals surface area (Å²) in [6.07, 6.45) is 11.4. The number of oxazole rings is 4. The fourth-order valence-corrected chi connectivity index (χ4v) is 18.8. The fraction of sp³-hybridized carbons (Fsp3) is 0.333. The van der Waals surface area contributed by atoms with Crippen LogP contribution in [0.25, 0.3) is 56.6 Å². The van der Waals surface area contributed by atoms with Crippen LogP contribution < -0.4 is 30.7 Å². The number of ketones is 2. The number of ether oxygens (including phenoxy) is 4. The van der Waals surface area contributed by atoms with Crippen LogP contribution in [-0.2, 0) is 65.2 Å². The molecule has 10 aliphatic heterocycles. The van der Waals surface area contributed by atoms with Crippen molar-refractivity contribution in [3.8, 4) is 56.9 Å². The predicted octanol–water partition coefficient (Wildman–Crippen LogP) is 13.8. The van der Waals surface area contributed by atoms with Crippen molar-refractivity contribution in [3.05, 3.63) is 224 Å². The van der Waals surface area contributed by atoms with E-state index in [4.69, 9.17) is 56.6 Å². The van der Waals surface area contributed by atoms with Crippen LogP contribution in [-0.4, -0.2) is 81.2 Å². The Hall–Kier alpha value is -11.0. The molecule has 12 aliphatic rings. The summed E-state index contributed by atoms with van der Waals surface area (Å²) < 4.78 is 52.6. The van der Waals surface area contributed by atoms with Crippen LogP contribution in [0.4, 0.5) is 11.4 Å². The van der Waals surface area contributed by atoms with E-state index in [9.17, 15) is 19.2 Å². The van der Waals surface area contributed by atoms with Gasteiger partial charge in [0, 0.05) is 93.8 Å². The second-order valence-electron chi connectivity index (χ2n) is 30.5. The lowest BCUT2D eigenvalue weighted by Crippen LogP contribution is -2.40. The molecule has 2 fully saturated rings. The normalized spacial score (nSPS) is 25.7. The zero-order valence-electron chi connectivity index (χ0n) is 57.6. The number of anilines is 2. The number of aromatic nitrogens is 4. The average molecular weight is 1390 g/mol. The zero-order chi connectivity index (χ0) is 69.8. The summed E-state index contributed by atoms with van der Waals surface area (Å²) in [5.74, 6) is 3.22. The third-order valence-electron chi connectivity index (χ3n) is 23.8. The quantitative estimate of drug-likeness (QED) is 0.110. The maximum atomic E-state index is 14.3. The molecule has 20 nitrogen and oxygen atoms in total. The van der Waals surface area contributed by atoms with Gasteiger partial charge in [0.05, 0.1) is 12.4 Å². The predicted molar refractivity (Wildman–Crippen MR) is 381 cm³/mol. The largest absolute Gasteiger partial charge is 0.469 e. The number of allylic oxidation sites excluding steroid dienone is 2. The van der Waals surface area contributed by atoms with Crippen molar-refractivity contribution in [1.82, 2.24) is 30.6 Å². The second kappa shape index (κ2) is 22.8. The summed E-state index contributed by atoms with van der Waals surface area (Å²) in [6.45, 7) is 9.24. The van der Waals surface area contributed by atoms with Gasteiger partial charge in [-0.25, -0.2) is 19.9 Å². The number of benzene rings is 6. The summed E-state index contributed by atoms with van der Waals surface area (Å²) in [4.78, 5) is 75.6. The van der Waals surface area contributed by atoms with Gasteiger partial charge in [0.15, 0.2) is 58.5 Å². The lowest BCUT2D eigenvalue weighted by atomic mass is 9.71. The molecule has 4 aromatic heterocycles. The highest BCUT2D eigenvalue weighted by Crippen LogP contribution is 2.64. The molecule has 0 saturated carbocycles. The fourth-order valence-electron chi connectivity index (χ4n) is 18.8. The van der Waals surface area contributed by atoms with Crippen molar-refractivity contribution in [3.63, 3.8) is 0 Å². The van der Waals surface area contributed by atoms with Gasteiger partial charge >= 0.3 is 0 Å². The molecule has 2 spiro atoms. The minimum Gasteiger partial charge on any atom is -0.469 e. The third-order valence-corrected chi connectivity index (χ3v) is 23.8. The number of amides is 2. The van der Waals surface area contributed by atoms with Crippen molar-refractivity contribution < 1.29 is 55.8 Å². The van der Waals surface area contributed by atoms with Gasteiger partial charge < -0.3 is 57.9 Å². The Balaban J connectivity index is 0.000000134. The van der Waals surface area contributed by atoms with Crippen LogP contribution in [0.2, 0.25) is 0 Å². The molecule has 14 heterocycles. The van der Waals surface area contributed by atoms with E-state index in [0.717, 1.165) is 115 Å². The second-order valence-corrected chi connectivity index (χ2v) is 30.5. The van der Waals surface area contributed by atoms with Crippen molar-refractivity contribution in [2.24, 2.45) is 23.7 Å². The van der Waals surface area contributed by atoms with Crippen molar-refractivity contribution in [1.29, 1.82) is 0 Å². The number of fused-ring (bicyclic) bond motifs is 14. The first-order valence-electron chi connectivity index (χ1n) is 36.7. The Bertz CT molecular complexity index is 5130. The molecule has 4 N–H and O–H groups in total. The van der Waals surface area contributed by atoms with E-state index in [1.54, 1.807) is 12.4 Å². The van der Waals surface area contributed by atoms with Crippen molar-refractivity contribution in [2.75, 3.05) is 23.8 Å². The van der Waals surface area contributed by atoms with E-state index < -0.39 is 59.4 Å². The van der Waals surface area contributed by atoms with E-state index in [-0.39, 0.29) is 48.1 Å². The molecule has 0 radical (unpaired) electrons. The van der Waals surface area contributed by atoms with Gasteiger partial charge in [-0.2, -0.15) is 0 Å². The SMILES string of the molecule is CC(C)[C@@H]1NC(=O)C(CC(=O)[C@@H]2CCCO2)Cc2ccc3c(c2)C24c5cccc(c5N[C@H]2O3)-c2cccc3c2C(=CC3)c2cnc(o2)-c2nc1oc24.CC(C)[C@@H]1NC(=O)C(CC(=O)[C@H]2CCCO2)Cc2ccc3c(c2)C24c5cccc(c5N[C@H]2O3)-c2cccc3c2C(=CC3)c2cnc(o2)-c2nc1oc24. The topological polar surface area (TPSA) is 257 Å². The highest BCUT2D eigenvalue weighted by molar-refractivity contribution is 6.00. The molecule has 20 heteroatoms. The molecule has 10 aromatic rings. The van der Waals surface area contributed by atoms with Gasteiger partial charge in [0.1, 0.15) is 46.6 Å². The van der Waals surface area contributed by atoms with Crippen LogP contribution in [0.5, 0.6) is 11.5 Å². The Morgan fingerprint density at radius 1 is 0.519 bits per heavy atom. The number of para-hydroxylation sites is 2. The van der Waals surface area contributed by atoms with Crippen LogP contribution in [0.3, 0.4) is 0 Å². The monoisotopic (exact) mass is 1380 g/mol. The zero-order valence-corrected chi connectivity index (χ0v) is 57.6. The number of hydrogen-bond donors (Lipinski definition) is 4. The summed E-state index contributed by atoms with van der Waals surface area (Å²) in [5.41, 5.74) is 17.5. The summed E-state index contributed by atoms with van der Waals surface area (Å²) >= 11 is 0. The molecule has 4 unspecified atom stereocenters. The average Bonchev–Trinajstić information content (AvgIpc) is 1.52. The number of nitrogens with one attached hydrogen (secondary N) is 4. The van der Waals surface area contributed by atoms with E-state index >= 15 is 0 Å². The lowest BCUT2D eigenvalue weighted by molar-refractivity contribution is -0.134. The van der Waals surface area contributed by atoms with Gasteiger partial charge in [-0.3, -0.25) is 19.2 Å². The van der Waals surface area contributed by atoms with Gasteiger partial charge in [-0.1, -0.05) is 137 Å². The molecular weight excluding hydrogens is 1310 g/mol. The van der Waals surface area contributed by atoms with Gasteiger partial charge in [-0.15, -0.1) is 0 Å². The first-order valence-corrected chi connectivity index (χ1v) is 36.7. The first kappa shape index (κ1) is 61.7. The number of Topliss-reactive ketones (excluding diaryl/α,β-unsaturated/α-hetero) is 2. The molecule has 6 aromatic carbocycles. The van der Waals surface area contributed by atoms with E-state index in [1.165, 1.54) is 11.1 Å². The van der Waals surface area contributed by atoms with E-state index in [1.807, 2.05) is 52.0 Å². The summed E-state index contributed by atoms with van der Waals surface area (Å²) in [5, 5.41) is 14.2. The van der Waals surface area contributed by atoms with E-state index in [0.29, 0.717) is 108 Å². The standard InChI is InChI=1S/2C42H36N4O6/c2*1-20(2)34-40-45-36-37(52-40)42-27-9-4-8-25(24-7-3-6-22-12-13-26(33(22)24)32-19-43-39(36)50-32)35(27)46-41(42)51-30-14-11-21(17-28(30)42)16-23(38(48)44-34)18-29(47)31-10-5-15-49-31/h2*3-4,6-9,11,13-14,17,19-20,23,31,34,41,46H,5,10,12,15-16,18H2,1-2H3,(H,44,48)/t23?,31-,34+,41+,42?;23?,31-,34-,41-,42?/m10/s1. The van der Waals surface area contributed by atoms with Gasteiger partial charge in [-0.05, 0) is 120 Å². The Morgan fingerprint density at radius 2 is 0.962 bits per heavy atom. The maximum absolute atomic E-state index is 14.3. The number of carbonyl (C=O) groups excluding carboxylic acids is 4. The molecule has 10 atom stereocenters. The minimum atomic E-state index is -0.991. The maximum Gasteiger partial charge on any atom is 0.249 e. The first-order chi connectivity index (χ1) is 50.8. The van der Waals surface area contributed by atoms with Crippen LogP contribution in [0.15, 0.2) is 151 Å². The lowest BCUT2D eigenvalue weighted by Gasteiger charge is -2.28. The van der Waals surface area contributed by atoms with Crippen LogP contribution in [0.1, 0.15) is 169 Å².